The van der Waals surface area contributed by atoms with Crippen molar-refractivity contribution in [3.05, 3.63) is 29.8 Å². The maximum absolute atomic E-state index is 13.6. The second-order valence-electron chi connectivity index (χ2n) is 4.77. The molecular formula is C14H19FN2O. The number of pyridine rings is 1. The Morgan fingerprint density at radius 2 is 2.33 bits per heavy atom. The first-order valence-electron chi connectivity index (χ1n) is 6.64. The van der Waals surface area contributed by atoms with Gasteiger partial charge in [0, 0.05) is 18.8 Å². The van der Waals surface area contributed by atoms with E-state index in [9.17, 15) is 9.18 Å². The Labute approximate surface area is 107 Å². The minimum Gasteiger partial charge on any atom is -0.336 e. The zero-order valence-corrected chi connectivity index (χ0v) is 10.7. The van der Waals surface area contributed by atoms with Crippen molar-refractivity contribution >= 4 is 5.91 Å². The van der Waals surface area contributed by atoms with Crippen molar-refractivity contribution < 1.29 is 9.18 Å². The van der Waals surface area contributed by atoms with Gasteiger partial charge in [-0.3, -0.25) is 9.78 Å². The number of rotatable bonds is 2. The Morgan fingerprint density at radius 1 is 1.50 bits per heavy atom. The molecular weight excluding hydrogens is 231 g/mol. The third kappa shape index (κ3) is 2.68. The van der Waals surface area contributed by atoms with Gasteiger partial charge in [-0.15, -0.1) is 0 Å². The topological polar surface area (TPSA) is 33.2 Å². The average molecular weight is 250 g/mol. The standard InChI is InChI=1S/C14H19FN2O/c1-2-11-6-4-3-5-9-17(11)14(18)12-7-8-16-10-13(12)15/h7-8,10-11H,2-6,9H2,1H3. The predicted octanol–water partition coefficient (Wildman–Crippen LogP) is 3.02. The highest BCUT2D eigenvalue weighted by atomic mass is 19.1. The molecule has 3 nitrogen and oxygen atoms in total. The molecule has 0 N–H and O–H groups in total. The molecule has 0 saturated carbocycles. The molecule has 1 atom stereocenters. The number of likely N-dealkylation sites (tertiary alicyclic amines) is 1. The zero-order valence-electron chi connectivity index (χ0n) is 10.7. The number of halogens is 1. The molecule has 1 aliphatic heterocycles. The minimum absolute atomic E-state index is 0.144. The van der Waals surface area contributed by atoms with Gasteiger partial charge < -0.3 is 4.90 Å². The molecule has 0 bridgehead atoms. The van der Waals surface area contributed by atoms with E-state index in [1.165, 1.54) is 12.3 Å². The zero-order chi connectivity index (χ0) is 13.0. The SMILES string of the molecule is CCC1CCCCCN1C(=O)c1ccncc1F. The predicted molar refractivity (Wildman–Crippen MR) is 67.8 cm³/mol. The first-order valence-corrected chi connectivity index (χ1v) is 6.64. The van der Waals surface area contributed by atoms with Crippen LogP contribution in [0, 0.1) is 5.82 Å². The van der Waals surface area contributed by atoms with Crippen LogP contribution in [-0.4, -0.2) is 28.4 Å². The van der Waals surface area contributed by atoms with Crippen LogP contribution in [0.1, 0.15) is 49.4 Å². The second kappa shape index (κ2) is 5.94. The number of amides is 1. The van der Waals surface area contributed by atoms with Gasteiger partial charge in [0.2, 0.25) is 0 Å². The molecule has 4 heteroatoms. The van der Waals surface area contributed by atoms with Crippen LogP contribution >= 0.6 is 0 Å². The van der Waals surface area contributed by atoms with Crippen LogP contribution in [0.2, 0.25) is 0 Å². The maximum atomic E-state index is 13.6. The summed E-state index contributed by atoms with van der Waals surface area (Å²) in [5.41, 5.74) is 0.144. The smallest absolute Gasteiger partial charge is 0.257 e. The molecule has 18 heavy (non-hydrogen) atoms. The lowest BCUT2D eigenvalue weighted by Gasteiger charge is -2.29. The molecule has 0 aromatic carbocycles. The summed E-state index contributed by atoms with van der Waals surface area (Å²) in [5, 5.41) is 0. The summed E-state index contributed by atoms with van der Waals surface area (Å²) in [4.78, 5) is 17.9. The molecule has 0 spiro atoms. The van der Waals surface area contributed by atoms with Crippen LogP contribution in [0.3, 0.4) is 0 Å². The summed E-state index contributed by atoms with van der Waals surface area (Å²) >= 11 is 0. The van der Waals surface area contributed by atoms with Crippen molar-refractivity contribution in [3.63, 3.8) is 0 Å². The Kier molecular flexibility index (Phi) is 4.28. The largest absolute Gasteiger partial charge is 0.336 e. The van der Waals surface area contributed by atoms with Crippen molar-refractivity contribution in [2.24, 2.45) is 0 Å². The fourth-order valence-electron chi connectivity index (χ4n) is 2.57. The van der Waals surface area contributed by atoms with Gasteiger partial charge in [-0.1, -0.05) is 19.8 Å². The van der Waals surface area contributed by atoms with Gasteiger partial charge in [0.05, 0.1) is 11.8 Å². The monoisotopic (exact) mass is 250 g/mol. The van der Waals surface area contributed by atoms with E-state index < -0.39 is 5.82 Å². The summed E-state index contributed by atoms with van der Waals surface area (Å²) in [6.45, 7) is 2.82. The highest BCUT2D eigenvalue weighted by molar-refractivity contribution is 5.94. The van der Waals surface area contributed by atoms with Gasteiger partial charge in [-0.25, -0.2) is 4.39 Å². The summed E-state index contributed by atoms with van der Waals surface area (Å²) in [6.07, 6.45) is 7.84. The van der Waals surface area contributed by atoms with Crippen LogP contribution < -0.4 is 0 Å². The van der Waals surface area contributed by atoms with E-state index in [1.807, 2.05) is 4.90 Å². The molecule has 1 aromatic heterocycles. The first-order chi connectivity index (χ1) is 8.74. The van der Waals surface area contributed by atoms with E-state index in [4.69, 9.17) is 0 Å². The lowest BCUT2D eigenvalue weighted by atomic mass is 10.1. The van der Waals surface area contributed by atoms with Gasteiger partial charge in [-0.2, -0.15) is 0 Å². The minimum atomic E-state index is -0.526. The molecule has 1 saturated heterocycles. The number of nitrogens with zero attached hydrogens (tertiary/aromatic N) is 2. The van der Waals surface area contributed by atoms with E-state index in [1.54, 1.807) is 0 Å². The van der Waals surface area contributed by atoms with Crippen LogP contribution in [0.25, 0.3) is 0 Å². The van der Waals surface area contributed by atoms with Crippen molar-refractivity contribution in [1.29, 1.82) is 0 Å². The van der Waals surface area contributed by atoms with Crippen molar-refractivity contribution in [2.45, 2.75) is 45.1 Å². The molecule has 1 aliphatic rings. The fourth-order valence-corrected chi connectivity index (χ4v) is 2.57. The Bertz CT molecular complexity index is 422. The fraction of sp³-hybridized carbons (Fsp3) is 0.571. The quantitative estimate of drug-likeness (QED) is 0.808. The van der Waals surface area contributed by atoms with Gasteiger partial charge in [-0.05, 0) is 25.3 Å². The van der Waals surface area contributed by atoms with Crippen molar-refractivity contribution in [3.8, 4) is 0 Å². The Balaban J connectivity index is 2.23. The summed E-state index contributed by atoms with van der Waals surface area (Å²) in [6, 6.07) is 1.71. The third-order valence-electron chi connectivity index (χ3n) is 3.61. The third-order valence-corrected chi connectivity index (χ3v) is 3.61. The highest BCUT2D eigenvalue weighted by Crippen LogP contribution is 2.21. The Morgan fingerprint density at radius 3 is 3.06 bits per heavy atom. The lowest BCUT2D eigenvalue weighted by molar-refractivity contribution is 0.0673. The van der Waals surface area contributed by atoms with Gasteiger partial charge in [0.15, 0.2) is 5.82 Å². The Hall–Kier alpha value is -1.45. The molecule has 1 unspecified atom stereocenters. The van der Waals surface area contributed by atoms with Crippen LogP contribution in [-0.2, 0) is 0 Å². The number of carbonyl (C=O) groups is 1. The molecule has 98 valence electrons. The molecule has 0 aliphatic carbocycles. The molecule has 2 heterocycles. The van der Waals surface area contributed by atoms with E-state index in [0.29, 0.717) is 0 Å². The van der Waals surface area contributed by atoms with Crippen molar-refractivity contribution in [1.82, 2.24) is 9.88 Å². The summed E-state index contributed by atoms with van der Waals surface area (Å²) in [5.74, 6) is -0.717. The number of carbonyl (C=O) groups excluding carboxylic acids is 1. The maximum Gasteiger partial charge on any atom is 0.257 e. The molecule has 1 amide bonds. The second-order valence-corrected chi connectivity index (χ2v) is 4.77. The van der Waals surface area contributed by atoms with Crippen molar-refractivity contribution in [2.75, 3.05) is 6.54 Å². The van der Waals surface area contributed by atoms with Gasteiger partial charge >= 0.3 is 0 Å². The highest BCUT2D eigenvalue weighted by Gasteiger charge is 2.26. The lowest BCUT2D eigenvalue weighted by Crippen LogP contribution is -2.40. The number of hydrogen-bond acceptors (Lipinski definition) is 2. The van der Waals surface area contributed by atoms with E-state index in [-0.39, 0.29) is 17.5 Å². The van der Waals surface area contributed by atoms with E-state index in [2.05, 4.69) is 11.9 Å². The van der Waals surface area contributed by atoms with E-state index in [0.717, 1.165) is 44.8 Å². The normalized spacial score (nSPS) is 20.6. The summed E-state index contributed by atoms with van der Waals surface area (Å²) in [7, 11) is 0. The van der Waals surface area contributed by atoms with Crippen LogP contribution in [0.5, 0.6) is 0 Å². The van der Waals surface area contributed by atoms with E-state index >= 15 is 0 Å². The molecule has 1 fully saturated rings. The average Bonchev–Trinajstić information content (AvgIpc) is 2.63. The molecule has 1 aromatic rings. The van der Waals surface area contributed by atoms with Crippen LogP contribution in [0.4, 0.5) is 4.39 Å². The first kappa shape index (κ1) is 13.0. The van der Waals surface area contributed by atoms with Crippen LogP contribution in [0.15, 0.2) is 18.5 Å². The number of aromatic nitrogens is 1. The van der Waals surface area contributed by atoms with Gasteiger partial charge in [0.25, 0.3) is 5.91 Å². The molecule has 0 radical (unpaired) electrons. The van der Waals surface area contributed by atoms with Gasteiger partial charge in [0.1, 0.15) is 0 Å². The molecule has 2 rings (SSSR count). The summed E-state index contributed by atoms with van der Waals surface area (Å²) < 4.78 is 13.6. The number of hydrogen-bond donors (Lipinski definition) is 0.